The lowest BCUT2D eigenvalue weighted by atomic mass is 10.1. The van der Waals surface area contributed by atoms with Crippen LogP contribution in [-0.2, 0) is 6.18 Å². The Morgan fingerprint density at radius 3 is 2.56 bits per heavy atom. The van der Waals surface area contributed by atoms with Crippen LogP contribution in [0.1, 0.15) is 11.1 Å². The Balaban J connectivity index is 2.92. The Labute approximate surface area is 91.4 Å². The minimum atomic E-state index is -4.43. The normalized spacial score (nSPS) is 12.2. The molecule has 0 atom stereocenters. The van der Waals surface area contributed by atoms with Gasteiger partial charge in [0.05, 0.1) is 5.56 Å². The van der Waals surface area contributed by atoms with Crippen LogP contribution in [-0.4, -0.2) is 18.7 Å². The molecule has 1 aromatic rings. The summed E-state index contributed by atoms with van der Waals surface area (Å²) in [6.45, 7) is 0.584. The lowest BCUT2D eigenvalue weighted by molar-refractivity contribution is -0.137. The Kier molecular flexibility index (Phi) is 3.95. The summed E-state index contributed by atoms with van der Waals surface area (Å²) in [6, 6.07) is 2.90. The fraction of sp³-hybridized carbons (Fsp3) is 0.273. The maximum Gasteiger partial charge on any atom is 0.416 e. The van der Waals surface area contributed by atoms with E-state index in [1.165, 1.54) is 6.07 Å². The molecule has 0 fully saturated rings. The molecule has 2 N–H and O–H groups in total. The molecule has 16 heavy (non-hydrogen) atoms. The Hall–Kier alpha value is -1.49. The molecular weight excluding hydrogens is 219 g/mol. The van der Waals surface area contributed by atoms with Crippen molar-refractivity contribution < 1.29 is 18.3 Å². The Morgan fingerprint density at radius 1 is 1.38 bits per heavy atom. The number of phenolic OH excluding ortho intramolecular Hbond substituents is 1. The number of aromatic hydroxyl groups is 1. The topological polar surface area (TPSA) is 32.3 Å². The van der Waals surface area contributed by atoms with Gasteiger partial charge in [0.25, 0.3) is 0 Å². The molecule has 1 rings (SSSR count). The van der Waals surface area contributed by atoms with Gasteiger partial charge < -0.3 is 10.4 Å². The highest BCUT2D eigenvalue weighted by atomic mass is 19.4. The Bertz CT molecular complexity index is 385. The summed E-state index contributed by atoms with van der Waals surface area (Å²) in [5.74, 6) is -0.373. The SMILES string of the molecule is CNCC=Cc1ccc(C(F)(F)F)cc1O. The van der Waals surface area contributed by atoms with Crippen LogP contribution in [0.3, 0.4) is 0 Å². The van der Waals surface area contributed by atoms with Crippen LogP contribution in [0, 0.1) is 0 Å². The highest BCUT2D eigenvalue weighted by Gasteiger charge is 2.30. The lowest BCUT2D eigenvalue weighted by Gasteiger charge is -2.07. The van der Waals surface area contributed by atoms with E-state index in [2.05, 4.69) is 5.32 Å². The van der Waals surface area contributed by atoms with Crippen molar-refractivity contribution in [1.82, 2.24) is 5.32 Å². The van der Waals surface area contributed by atoms with E-state index in [1.807, 2.05) is 0 Å². The van der Waals surface area contributed by atoms with Crippen LogP contribution in [0.25, 0.3) is 6.08 Å². The average Bonchev–Trinajstić information content (AvgIpc) is 2.19. The van der Waals surface area contributed by atoms with Gasteiger partial charge >= 0.3 is 6.18 Å². The van der Waals surface area contributed by atoms with Crippen LogP contribution in [0.5, 0.6) is 5.75 Å². The summed E-state index contributed by atoms with van der Waals surface area (Å²) in [4.78, 5) is 0. The molecule has 0 amide bonds. The van der Waals surface area contributed by atoms with Crippen molar-refractivity contribution in [3.05, 3.63) is 35.4 Å². The molecule has 0 radical (unpaired) electrons. The van der Waals surface area contributed by atoms with Crippen LogP contribution >= 0.6 is 0 Å². The summed E-state index contributed by atoms with van der Waals surface area (Å²) in [5, 5.41) is 12.2. The molecule has 0 aliphatic carbocycles. The minimum Gasteiger partial charge on any atom is -0.507 e. The van der Waals surface area contributed by atoms with Gasteiger partial charge in [0, 0.05) is 12.1 Å². The van der Waals surface area contributed by atoms with Crippen molar-refractivity contribution in [2.75, 3.05) is 13.6 Å². The van der Waals surface area contributed by atoms with Gasteiger partial charge in [-0.05, 0) is 19.2 Å². The maximum absolute atomic E-state index is 12.3. The summed E-state index contributed by atoms with van der Waals surface area (Å²) >= 11 is 0. The van der Waals surface area contributed by atoms with Gasteiger partial charge in [-0.3, -0.25) is 0 Å². The molecule has 88 valence electrons. The third-order valence-corrected chi connectivity index (χ3v) is 1.98. The molecular formula is C11H12F3NO. The summed E-state index contributed by atoms with van der Waals surface area (Å²) < 4.78 is 36.8. The van der Waals surface area contributed by atoms with Crippen molar-refractivity contribution in [2.45, 2.75) is 6.18 Å². The molecule has 5 heteroatoms. The molecule has 0 spiro atoms. The predicted molar refractivity (Wildman–Crippen MR) is 56.1 cm³/mol. The largest absolute Gasteiger partial charge is 0.507 e. The molecule has 0 saturated carbocycles. The number of nitrogens with one attached hydrogen (secondary N) is 1. The van der Waals surface area contributed by atoms with Gasteiger partial charge in [0.2, 0.25) is 0 Å². The number of hydrogen-bond acceptors (Lipinski definition) is 2. The van der Waals surface area contributed by atoms with Gasteiger partial charge in [-0.1, -0.05) is 18.2 Å². The van der Waals surface area contributed by atoms with E-state index in [4.69, 9.17) is 0 Å². The highest BCUT2D eigenvalue weighted by molar-refractivity contribution is 5.57. The van der Waals surface area contributed by atoms with Crippen LogP contribution in [0.2, 0.25) is 0 Å². The maximum atomic E-state index is 12.3. The van der Waals surface area contributed by atoms with Crippen molar-refractivity contribution in [2.24, 2.45) is 0 Å². The predicted octanol–water partition coefficient (Wildman–Crippen LogP) is 2.64. The van der Waals surface area contributed by atoms with E-state index < -0.39 is 11.7 Å². The van der Waals surface area contributed by atoms with Crippen molar-refractivity contribution in [3.63, 3.8) is 0 Å². The standard InChI is InChI=1S/C11H12F3NO/c1-15-6-2-3-8-4-5-9(7-10(8)16)11(12,13)14/h2-5,7,15-16H,6H2,1H3. The third kappa shape index (κ3) is 3.27. The van der Waals surface area contributed by atoms with E-state index in [1.54, 1.807) is 19.2 Å². The van der Waals surface area contributed by atoms with Gasteiger partial charge in [-0.15, -0.1) is 0 Å². The zero-order chi connectivity index (χ0) is 12.2. The van der Waals surface area contributed by atoms with Gasteiger partial charge in [-0.25, -0.2) is 0 Å². The van der Waals surface area contributed by atoms with Crippen molar-refractivity contribution in [3.8, 4) is 5.75 Å². The quantitative estimate of drug-likeness (QED) is 0.838. The molecule has 0 aromatic heterocycles. The molecule has 0 aliphatic heterocycles. The zero-order valence-electron chi connectivity index (χ0n) is 8.67. The second-order valence-corrected chi connectivity index (χ2v) is 3.23. The number of halogens is 3. The van der Waals surface area contributed by atoms with Crippen molar-refractivity contribution in [1.29, 1.82) is 0 Å². The third-order valence-electron chi connectivity index (χ3n) is 1.98. The van der Waals surface area contributed by atoms with Crippen molar-refractivity contribution >= 4 is 6.08 Å². The van der Waals surface area contributed by atoms with Gasteiger partial charge in [0.1, 0.15) is 5.75 Å². The summed E-state index contributed by atoms with van der Waals surface area (Å²) in [7, 11) is 1.75. The monoisotopic (exact) mass is 231 g/mol. The number of phenols is 1. The second kappa shape index (κ2) is 5.03. The fourth-order valence-corrected chi connectivity index (χ4v) is 1.16. The first-order valence-electron chi connectivity index (χ1n) is 4.66. The number of hydrogen-bond donors (Lipinski definition) is 2. The molecule has 0 unspecified atom stereocenters. The number of rotatable bonds is 3. The smallest absolute Gasteiger partial charge is 0.416 e. The average molecular weight is 231 g/mol. The van der Waals surface area contributed by atoms with E-state index >= 15 is 0 Å². The molecule has 0 heterocycles. The van der Waals surface area contributed by atoms with Crippen LogP contribution < -0.4 is 5.32 Å². The van der Waals surface area contributed by atoms with Gasteiger partial charge in [-0.2, -0.15) is 13.2 Å². The first kappa shape index (κ1) is 12.6. The summed E-state index contributed by atoms with van der Waals surface area (Å²) in [5.41, 5.74) is -0.487. The van der Waals surface area contributed by atoms with E-state index in [0.717, 1.165) is 12.1 Å². The van der Waals surface area contributed by atoms with E-state index in [9.17, 15) is 18.3 Å². The van der Waals surface area contributed by atoms with E-state index in [0.29, 0.717) is 12.1 Å². The summed E-state index contributed by atoms with van der Waals surface area (Å²) in [6.07, 6.45) is -1.15. The van der Waals surface area contributed by atoms with E-state index in [-0.39, 0.29) is 5.75 Å². The van der Waals surface area contributed by atoms with Gasteiger partial charge in [0.15, 0.2) is 0 Å². The molecule has 0 aliphatic rings. The Morgan fingerprint density at radius 2 is 2.06 bits per heavy atom. The van der Waals surface area contributed by atoms with Crippen LogP contribution in [0.15, 0.2) is 24.3 Å². The molecule has 0 bridgehead atoms. The molecule has 0 saturated heterocycles. The number of alkyl halides is 3. The number of benzene rings is 1. The highest BCUT2D eigenvalue weighted by Crippen LogP contribution is 2.32. The molecule has 1 aromatic carbocycles. The first-order valence-corrected chi connectivity index (χ1v) is 4.66. The second-order valence-electron chi connectivity index (χ2n) is 3.23. The zero-order valence-corrected chi connectivity index (χ0v) is 8.67. The fourth-order valence-electron chi connectivity index (χ4n) is 1.16. The number of likely N-dealkylation sites (N-methyl/N-ethyl adjacent to an activating group) is 1. The van der Waals surface area contributed by atoms with Crippen LogP contribution in [0.4, 0.5) is 13.2 Å². The first-order chi connectivity index (χ1) is 7.45. The minimum absolute atomic E-state index is 0.364. The molecule has 2 nitrogen and oxygen atoms in total. The lowest BCUT2D eigenvalue weighted by Crippen LogP contribution is -2.05.